The minimum Gasteiger partial charge on any atom is -0.354 e. The zero-order chi connectivity index (χ0) is 20.9. The summed E-state index contributed by atoms with van der Waals surface area (Å²) in [7, 11) is -3.61. The molecule has 28 heavy (non-hydrogen) atoms. The maximum atomic E-state index is 12.6. The van der Waals surface area contributed by atoms with Crippen LogP contribution in [0.5, 0.6) is 0 Å². The molecule has 7 heteroatoms. The molecule has 0 aromatic heterocycles. The van der Waals surface area contributed by atoms with Crippen LogP contribution in [0.15, 0.2) is 42.5 Å². The van der Waals surface area contributed by atoms with Crippen molar-refractivity contribution in [2.45, 2.75) is 39.7 Å². The number of nitrogens with one attached hydrogen (secondary N) is 1. The minimum absolute atomic E-state index is 0.319. The molecule has 0 aliphatic rings. The standard InChI is InChI=1S/C21H27ClN2O3S/c1-15-12-16(2)14-20(13-15)24(28(4,26)27)17(3)21(25)23-11-5-6-18-7-9-19(22)10-8-18/h7-10,12-14,17H,5-6,11H2,1-4H3,(H,23,25). The number of benzene rings is 2. The number of carbonyl (C=O) groups excluding carboxylic acids is 1. The first-order chi connectivity index (χ1) is 13.1. The van der Waals surface area contributed by atoms with Gasteiger partial charge >= 0.3 is 0 Å². The smallest absolute Gasteiger partial charge is 0.243 e. The second-order valence-electron chi connectivity index (χ2n) is 7.10. The van der Waals surface area contributed by atoms with E-state index in [1.807, 2.05) is 44.2 Å². The maximum absolute atomic E-state index is 12.6. The van der Waals surface area contributed by atoms with E-state index in [1.54, 1.807) is 19.1 Å². The highest BCUT2D eigenvalue weighted by molar-refractivity contribution is 7.92. The number of amides is 1. The Morgan fingerprint density at radius 1 is 1.11 bits per heavy atom. The Morgan fingerprint density at radius 2 is 1.68 bits per heavy atom. The molecule has 0 heterocycles. The highest BCUT2D eigenvalue weighted by atomic mass is 35.5. The van der Waals surface area contributed by atoms with E-state index in [0.29, 0.717) is 17.3 Å². The lowest BCUT2D eigenvalue weighted by Gasteiger charge is -2.28. The molecule has 0 bridgehead atoms. The molecular formula is C21H27ClN2O3S. The van der Waals surface area contributed by atoms with Crippen LogP contribution in [-0.2, 0) is 21.2 Å². The van der Waals surface area contributed by atoms with Crippen LogP contribution in [0.25, 0.3) is 0 Å². The fourth-order valence-corrected chi connectivity index (χ4v) is 4.47. The zero-order valence-electron chi connectivity index (χ0n) is 16.7. The van der Waals surface area contributed by atoms with Gasteiger partial charge in [-0.2, -0.15) is 0 Å². The van der Waals surface area contributed by atoms with Crippen LogP contribution in [0.2, 0.25) is 5.02 Å². The lowest BCUT2D eigenvalue weighted by atomic mass is 10.1. The molecule has 1 amide bonds. The summed E-state index contributed by atoms with van der Waals surface area (Å²) in [5, 5.41) is 3.54. The van der Waals surface area contributed by atoms with Crippen molar-refractivity contribution in [1.82, 2.24) is 5.32 Å². The largest absolute Gasteiger partial charge is 0.354 e. The number of rotatable bonds is 8. The van der Waals surface area contributed by atoms with Gasteiger partial charge in [-0.3, -0.25) is 9.10 Å². The van der Waals surface area contributed by atoms with E-state index in [9.17, 15) is 13.2 Å². The number of hydrogen-bond donors (Lipinski definition) is 1. The quantitative estimate of drug-likeness (QED) is 0.657. The highest BCUT2D eigenvalue weighted by Crippen LogP contribution is 2.24. The van der Waals surface area contributed by atoms with Crippen LogP contribution >= 0.6 is 11.6 Å². The Bertz CT molecular complexity index is 907. The maximum Gasteiger partial charge on any atom is 0.243 e. The molecule has 0 fully saturated rings. The first-order valence-corrected chi connectivity index (χ1v) is 11.4. The lowest BCUT2D eigenvalue weighted by molar-refractivity contribution is -0.121. The van der Waals surface area contributed by atoms with Gasteiger partial charge in [-0.1, -0.05) is 29.8 Å². The van der Waals surface area contributed by atoms with Crippen LogP contribution in [0.4, 0.5) is 5.69 Å². The Labute approximate surface area is 172 Å². The summed E-state index contributed by atoms with van der Waals surface area (Å²) in [5.74, 6) is -0.319. The summed E-state index contributed by atoms with van der Waals surface area (Å²) in [6.45, 7) is 5.88. The van der Waals surface area contributed by atoms with Gasteiger partial charge in [0, 0.05) is 11.6 Å². The van der Waals surface area contributed by atoms with Crippen LogP contribution in [0.3, 0.4) is 0 Å². The molecule has 0 aliphatic carbocycles. The molecule has 1 atom stereocenters. The first kappa shape index (κ1) is 22.2. The van der Waals surface area contributed by atoms with E-state index in [2.05, 4.69) is 5.32 Å². The number of halogens is 1. The van der Waals surface area contributed by atoms with Crippen LogP contribution < -0.4 is 9.62 Å². The SMILES string of the molecule is Cc1cc(C)cc(N(C(C)C(=O)NCCCc2ccc(Cl)cc2)S(C)(=O)=O)c1. The fraction of sp³-hybridized carbons (Fsp3) is 0.381. The highest BCUT2D eigenvalue weighted by Gasteiger charge is 2.29. The molecule has 2 aromatic rings. The predicted molar refractivity (Wildman–Crippen MR) is 115 cm³/mol. The van der Waals surface area contributed by atoms with Crippen molar-refractivity contribution in [3.05, 3.63) is 64.2 Å². The minimum atomic E-state index is -3.61. The normalized spacial score (nSPS) is 12.5. The summed E-state index contributed by atoms with van der Waals surface area (Å²) < 4.78 is 25.9. The van der Waals surface area contributed by atoms with Crippen molar-refractivity contribution in [1.29, 1.82) is 0 Å². The van der Waals surface area contributed by atoms with Gasteiger partial charge in [0.05, 0.1) is 11.9 Å². The van der Waals surface area contributed by atoms with Crippen molar-refractivity contribution < 1.29 is 13.2 Å². The third-order valence-corrected chi connectivity index (χ3v) is 5.90. The molecule has 152 valence electrons. The van der Waals surface area contributed by atoms with E-state index in [-0.39, 0.29) is 5.91 Å². The van der Waals surface area contributed by atoms with Crippen LogP contribution in [0.1, 0.15) is 30.0 Å². The Hall–Kier alpha value is -2.05. The van der Waals surface area contributed by atoms with Gasteiger partial charge in [0.25, 0.3) is 0 Å². The van der Waals surface area contributed by atoms with Gasteiger partial charge in [-0.25, -0.2) is 8.42 Å². The van der Waals surface area contributed by atoms with E-state index >= 15 is 0 Å². The second-order valence-corrected chi connectivity index (χ2v) is 9.40. The molecule has 2 rings (SSSR count). The molecular weight excluding hydrogens is 396 g/mol. The van der Waals surface area contributed by atoms with E-state index in [4.69, 9.17) is 11.6 Å². The van der Waals surface area contributed by atoms with Crippen LogP contribution in [0, 0.1) is 13.8 Å². The predicted octanol–water partition coefficient (Wildman–Crippen LogP) is 3.86. The van der Waals surface area contributed by atoms with Crippen LogP contribution in [-0.4, -0.2) is 33.2 Å². The van der Waals surface area contributed by atoms with Gasteiger partial charge in [0.15, 0.2) is 0 Å². The lowest BCUT2D eigenvalue weighted by Crippen LogP contribution is -2.48. The van der Waals surface area contributed by atoms with Gasteiger partial charge in [0.2, 0.25) is 15.9 Å². The summed E-state index contributed by atoms with van der Waals surface area (Å²) in [6.07, 6.45) is 2.68. The average molecular weight is 423 g/mol. The third-order valence-electron chi connectivity index (χ3n) is 4.40. The molecule has 1 unspecified atom stereocenters. The van der Waals surface area contributed by atoms with E-state index in [1.165, 1.54) is 4.31 Å². The van der Waals surface area contributed by atoms with Crippen molar-refractivity contribution in [2.24, 2.45) is 0 Å². The fourth-order valence-electron chi connectivity index (χ4n) is 3.19. The molecule has 0 aliphatic heterocycles. The monoisotopic (exact) mass is 422 g/mol. The second kappa shape index (κ2) is 9.43. The molecule has 5 nitrogen and oxygen atoms in total. The van der Waals surface area contributed by atoms with E-state index < -0.39 is 16.1 Å². The third kappa shape index (κ3) is 6.24. The number of carbonyl (C=O) groups is 1. The zero-order valence-corrected chi connectivity index (χ0v) is 18.3. The van der Waals surface area contributed by atoms with Crippen molar-refractivity contribution in [2.75, 3.05) is 17.1 Å². The number of sulfonamides is 1. The van der Waals surface area contributed by atoms with Gasteiger partial charge in [-0.15, -0.1) is 0 Å². The average Bonchev–Trinajstić information content (AvgIpc) is 2.58. The summed E-state index contributed by atoms with van der Waals surface area (Å²) in [6, 6.07) is 12.3. The summed E-state index contributed by atoms with van der Waals surface area (Å²) in [4.78, 5) is 12.6. The van der Waals surface area contributed by atoms with Gasteiger partial charge in [0.1, 0.15) is 6.04 Å². The van der Waals surface area contributed by atoms with Gasteiger partial charge < -0.3 is 5.32 Å². The Balaban J connectivity index is 2.02. The number of aryl methyl sites for hydroxylation is 3. The molecule has 0 radical (unpaired) electrons. The summed E-state index contributed by atoms with van der Waals surface area (Å²) >= 11 is 5.88. The molecule has 2 aromatic carbocycles. The molecule has 1 N–H and O–H groups in total. The molecule has 0 saturated carbocycles. The van der Waals surface area contributed by atoms with Crippen molar-refractivity contribution in [3.8, 4) is 0 Å². The number of anilines is 1. The molecule has 0 saturated heterocycles. The number of nitrogens with zero attached hydrogens (tertiary/aromatic N) is 1. The summed E-state index contributed by atoms with van der Waals surface area (Å²) in [5.41, 5.74) is 3.53. The Morgan fingerprint density at radius 3 is 2.21 bits per heavy atom. The molecule has 0 spiro atoms. The Kier molecular flexibility index (Phi) is 7.49. The van der Waals surface area contributed by atoms with E-state index in [0.717, 1.165) is 35.8 Å². The first-order valence-electron chi connectivity index (χ1n) is 9.18. The van der Waals surface area contributed by atoms with Gasteiger partial charge in [-0.05, 0) is 74.6 Å². The van der Waals surface area contributed by atoms with Crippen molar-refractivity contribution >= 4 is 33.2 Å². The number of hydrogen-bond acceptors (Lipinski definition) is 3. The topological polar surface area (TPSA) is 66.5 Å². The van der Waals surface area contributed by atoms with Crippen molar-refractivity contribution in [3.63, 3.8) is 0 Å².